The van der Waals surface area contributed by atoms with E-state index in [1.807, 2.05) is 0 Å². The highest BCUT2D eigenvalue weighted by Gasteiger charge is 2.50. The SMILES string of the molecule is COc1cccc2c1C(=O)c1c(O)c3c(c(O)c1C2=O)C[C@@](O)(C(=O)CO)C[C@@H]3OC1CC(NC2CCCN2)C(O)C(C)O1. The largest absolute Gasteiger partial charge is 0.507 e. The second kappa shape index (κ2) is 11.5. The highest BCUT2D eigenvalue weighted by molar-refractivity contribution is 6.31. The van der Waals surface area contributed by atoms with Gasteiger partial charge in [0.05, 0.1) is 48.3 Å². The number of nitrogens with one attached hydrogen (secondary N) is 2. The first kappa shape index (κ1) is 30.6. The number of rotatable bonds is 7. The molecule has 0 spiro atoms. The van der Waals surface area contributed by atoms with Crippen LogP contribution in [0, 0.1) is 0 Å². The van der Waals surface area contributed by atoms with Gasteiger partial charge < -0.3 is 45.1 Å². The van der Waals surface area contributed by atoms with Crippen molar-refractivity contribution in [3.05, 3.63) is 51.6 Å². The molecule has 2 aliphatic carbocycles. The van der Waals surface area contributed by atoms with Crippen LogP contribution in [0.3, 0.4) is 0 Å². The van der Waals surface area contributed by atoms with E-state index in [4.69, 9.17) is 14.2 Å². The topological polar surface area (TPSA) is 204 Å². The summed E-state index contributed by atoms with van der Waals surface area (Å²) < 4.78 is 17.5. The molecule has 2 aliphatic heterocycles. The molecule has 2 aromatic carbocycles. The predicted octanol–water partition coefficient (Wildman–Crippen LogP) is 0.342. The van der Waals surface area contributed by atoms with Gasteiger partial charge in [0.15, 0.2) is 17.9 Å². The minimum Gasteiger partial charge on any atom is -0.507 e. The number of phenols is 2. The Bertz CT molecular complexity index is 1520. The maximum atomic E-state index is 13.8. The monoisotopic (exact) mass is 612 g/mol. The summed E-state index contributed by atoms with van der Waals surface area (Å²) in [6.07, 6.45) is -2.90. The summed E-state index contributed by atoms with van der Waals surface area (Å²) in [4.78, 5) is 40.2. The van der Waals surface area contributed by atoms with E-state index < -0.39 is 95.7 Å². The van der Waals surface area contributed by atoms with Crippen LogP contribution < -0.4 is 15.4 Å². The Morgan fingerprint density at radius 3 is 2.59 bits per heavy atom. The van der Waals surface area contributed by atoms with Crippen molar-refractivity contribution in [2.75, 3.05) is 20.3 Å². The van der Waals surface area contributed by atoms with E-state index in [0.29, 0.717) is 0 Å². The molecule has 4 aliphatic rings. The van der Waals surface area contributed by atoms with Crippen LogP contribution in [0.15, 0.2) is 18.2 Å². The molecule has 0 amide bonds. The van der Waals surface area contributed by atoms with Crippen LogP contribution in [0.1, 0.15) is 81.7 Å². The van der Waals surface area contributed by atoms with Crippen LogP contribution in [0.5, 0.6) is 17.2 Å². The van der Waals surface area contributed by atoms with Gasteiger partial charge in [-0.3, -0.25) is 19.7 Å². The third-order valence-corrected chi connectivity index (χ3v) is 9.24. The summed E-state index contributed by atoms with van der Waals surface area (Å²) in [6, 6.07) is 3.96. The average Bonchev–Trinajstić information content (AvgIpc) is 3.52. The molecular weight excluding hydrogens is 576 g/mol. The zero-order chi connectivity index (χ0) is 31.5. The fourth-order valence-electron chi connectivity index (χ4n) is 6.97. The highest BCUT2D eigenvalue weighted by Crippen LogP contribution is 2.52. The molecular formula is C31H36N2O11. The molecule has 7 N–H and O–H groups in total. The van der Waals surface area contributed by atoms with Gasteiger partial charge in [-0.15, -0.1) is 0 Å². The van der Waals surface area contributed by atoms with E-state index in [1.165, 1.54) is 25.3 Å². The number of Topliss-reactive ketones (excluding diaryl/α,β-unsaturated/α-hetero) is 1. The van der Waals surface area contributed by atoms with Gasteiger partial charge in [-0.1, -0.05) is 12.1 Å². The molecule has 44 heavy (non-hydrogen) atoms. The number of aliphatic hydroxyl groups is 3. The van der Waals surface area contributed by atoms with Gasteiger partial charge in [0.1, 0.15) is 29.5 Å². The Hall–Kier alpha value is -3.43. The van der Waals surface area contributed by atoms with Crippen molar-refractivity contribution in [1.29, 1.82) is 0 Å². The molecule has 0 saturated carbocycles. The Morgan fingerprint density at radius 2 is 1.91 bits per heavy atom. The predicted molar refractivity (Wildman–Crippen MR) is 152 cm³/mol. The van der Waals surface area contributed by atoms with Gasteiger partial charge in [0.2, 0.25) is 5.78 Å². The van der Waals surface area contributed by atoms with Crippen LogP contribution in [-0.2, 0) is 20.7 Å². The Labute approximate surface area is 252 Å². The van der Waals surface area contributed by atoms with Crippen LogP contribution >= 0.6 is 0 Å². The lowest BCUT2D eigenvalue weighted by Gasteiger charge is -2.43. The lowest BCUT2D eigenvalue weighted by molar-refractivity contribution is -0.250. The number of methoxy groups -OCH3 is 1. The van der Waals surface area contributed by atoms with Gasteiger partial charge in [0.25, 0.3) is 0 Å². The number of hydrogen-bond donors (Lipinski definition) is 7. The van der Waals surface area contributed by atoms with Crippen LogP contribution in [0.2, 0.25) is 0 Å². The van der Waals surface area contributed by atoms with Crippen molar-refractivity contribution in [2.45, 2.75) is 81.4 Å². The number of ether oxygens (including phenoxy) is 3. The number of aliphatic hydroxyl groups excluding tert-OH is 2. The number of ketones is 3. The molecule has 2 heterocycles. The number of carbonyl (C=O) groups is 3. The van der Waals surface area contributed by atoms with E-state index in [-0.39, 0.29) is 40.6 Å². The van der Waals surface area contributed by atoms with Crippen molar-refractivity contribution in [2.24, 2.45) is 0 Å². The second-order valence-electron chi connectivity index (χ2n) is 11.9. The van der Waals surface area contributed by atoms with Crippen LogP contribution in [0.4, 0.5) is 0 Å². The van der Waals surface area contributed by atoms with E-state index in [0.717, 1.165) is 19.4 Å². The van der Waals surface area contributed by atoms with Gasteiger partial charge in [-0.25, -0.2) is 0 Å². The first-order chi connectivity index (χ1) is 21.0. The zero-order valence-electron chi connectivity index (χ0n) is 24.3. The Kier molecular flexibility index (Phi) is 7.99. The number of fused-ring (bicyclic) bond motifs is 3. The lowest BCUT2D eigenvalue weighted by Crippen LogP contribution is -2.58. The summed E-state index contributed by atoms with van der Waals surface area (Å²) in [7, 11) is 1.34. The molecule has 13 nitrogen and oxygen atoms in total. The molecule has 236 valence electrons. The van der Waals surface area contributed by atoms with Crippen molar-refractivity contribution >= 4 is 17.3 Å². The van der Waals surface area contributed by atoms with Crippen molar-refractivity contribution in [3.8, 4) is 17.2 Å². The minimum absolute atomic E-state index is 0.0146. The normalized spacial score (nSPS) is 31.3. The van der Waals surface area contributed by atoms with E-state index in [9.17, 15) is 39.9 Å². The number of carbonyl (C=O) groups excluding carboxylic acids is 3. The molecule has 0 radical (unpaired) electrons. The van der Waals surface area contributed by atoms with Crippen molar-refractivity contribution in [1.82, 2.24) is 10.6 Å². The third-order valence-electron chi connectivity index (χ3n) is 9.24. The molecule has 7 atom stereocenters. The maximum Gasteiger partial charge on any atom is 0.202 e. The van der Waals surface area contributed by atoms with E-state index in [1.54, 1.807) is 6.92 Å². The Morgan fingerprint density at radius 1 is 1.16 bits per heavy atom. The van der Waals surface area contributed by atoms with Crippen LogP contribution in [0.25, 0.3) is 0 Å². The standard InChI is InChI=1S/C31H36N2O11/c1-13-26(36)16(33-20-7-4-8-32-20)9-21(43-13)44-18-11-31(41,19(35)12-34)10-15-23(18)30(40)25-24(28(15)38)27(37)14-5-3-6-17(42-2)22(14)29(25)39/h3,5-6,13,16,18,20-21,26,32-34,36,38,40-41H,4,7-12H2,1-2H3/t13?,16?,18-,20?,21?,26?,31-/m0/s1. The summed E-state index contributed by atoms with van der Waals surface area (Å²) in [6.45, 7) is 1.50. The van der Waals surface area contributed by atoms with E-state index >= 15 is 0 Å². The average molecular weight is 613 g/mol. The van der Waals surface area contributed by atoms with Crippen LogP contribution in [-0.4, -0.2) is 99.5 Å². The Balaban J connectivity index is 1.43. The molecule has 5 unspecified atom stereocenters. The maximum absolute atomic E-state index is 13.8. The third kappa shape index (κ3) is 4.88. The fraction of sp³-hybridized carbons (Fsp3) is 0.516. The van der Waals surface area contributed by atoms with Gasteiger partial charge >= 0.3 is 0 Å². The molecule has 6 rings (SSSR count). The van der Waals surface area contributed by atoms with Gasteiger partial charge in [0, 0.05) is 42.0 Å². The first-order valence-electron chi connectivity index (χ1n) is 14.7. The number of benzene rings is 2. The number of phenolic OH excluding ortho intramolecular Hbond substituents is 2. The summed E-state index contributed by atoms with van der Waals surface area (Å²) in [5.74, 6) is -3.68. The van der Waals surface area contributed by atoms with Crippen molar-refractivity contribution in [3.63, 3.8) is 0 Å². The van der Waals surface area contributed by atoms with Gasteiger partial charge in [-0.2, -0.15) is 0 Å². The summed E-state index contributed by atoms with van der Waals surface area (Å²) >= 11 is 0. The zero-order valence-corrected chi connectivity index (χ0v) is 24.3. The lowest BCUT2D eigenvalue weighted by atomic mass is 9.72. The summed E-state index contributed by atoms with van der Waals surface area (Å²) in [5.41, 5.74) is -3.51. The highest BCUT2D eigenvalue weighted by atomic mass is 16.7. The molecule has 0 aromatic heterocycles. The molecule has 0 bridgehead atoms. The molecule has 13 heteroatoms. The molecule has 2 aromatic rings. The fourth-order valence-corrected chi connectivity index (χ4v) is 6.97. The molecule has 2 fully saturated rings. The quantitative estimate of drug-likeness (QED) is 0.180. The van der Waals surface area contributed by atoms with Gasteiger partial charge in [-0.05, 0) is 32.4 Å². The van der Waals surface area contributed by atoms with Crippen molar-refractivity contribution < 1.29 is 54.1 Å². The second-order valence-corrected chi connectivity index (χ2v) is 11.9. The number of aromatic hydroxyl groups is 2. The minimum atomic E-state index is -2.24. The van der Waals surface area contributed by atoms with E-state index in [2.05, 4.69) is 10.6 Å². The smallest absolute Gasteiger partial charge is 0.202 e. The number of hydrogen-bond acceptors (Lipinski definition) is 13. The first-order valence-corrected chi connectivity index (χ1v) is 14.7. The summed E-state index contributed by atoms with van der Waals surface area (Å²) in [5, 5.41) is 61.8. The molecule has 2 saturated heterocycles.